The second-order valence-electron chi connectivity index (χ2n) is 5.52. The highest BCUT2D eigenvalue weighted by molar-refractivity contribution is 5.82. The van der Waals surface area contributed by atoms with E-state index in [0.29, 0.717) is 12.6 Å². The molecule has 1 aliphatic carbocycles. The molecular weight excluding hydrogens is 262 g/mol. The van der Waals surface area contributed by atoms with Gasteiger partial charge in [0.1, 0.15) is 0 Å². The van der Waals surface area contributed by atoms with Crippen molar-refractivity contribution in [1.29, 1.82) is 0 Å². The van der Waals surface area contributed by atoms with Gasteiger partial charge in [0.05, 0.1) is 6.61 Å². The summed E-state index contributed by atoms with van der Waals surface area (Å²) in [5.74, 6) is -0.192. The Morgan fingerprint density at radius 1 is 1.29 bits per heavy atom. The highest BCUT2D eigenvalue weighted by Gasteiger charge is 2.16. The van der Waals surface area contributed by atoms with Gasteiger partial charge in [0.2, 0.25) is 0 Å². The predicted molar refractivity (Wildman–Crippen MR) is 85.1 cm³/mol. The maximum absolute atomic E-state index is 11.4. The second-order valence-corrected chi connectivity index (χ2v) is 5.52. The first-order valence-corrected chi connectivity index (χ1v) is 7.91. The third kappa shape index (κ3) is 5.72. The summed E-state index contributed by atoms with van der Waals surface area (Å²) in [6.07, 6.45) is 6.98. The molecule has 1 aromatic rings. The number of hydrogen-bond acceptors (Lipinski definition) is 3. The van der Waals surface area contributed by atoms with Crippen LogP contribution in [0.4, 0.5) is 0 Å². The van der Waals surface area contributed by atoms with Crippen LogP contribution in [0, 0.1) is 0 Å². The number of allylic oxidation sites excluding steroid dienone is 1. The zero-order chi connectivity index (χ0) is 14.9. The molecule has 3 heteroatoms. The molecule has 3 nitrogen and oxygen atoms in total. The molecule has 0 spiro atoms. The van der Waals surface area contributed by atoms with Gasteiger partial charge >= 0.3 is 5.97 Å². The lowest BCUT2D eigenvalue weighted by Gasteiger charge is -2.25. The van der Waals surface area contributed by atoms with E-state index in [1.54, 1.807) is 6.08 Å². The van der Waals surface area contributed by atoms with E-state index in [4.69, 9.17) is 4.74 Å². The average Bonchev–Trinajstić information content (AvgIpc) is 2.50. The van der Waals surface area contributed by atoms with Crippen LogP contribution in [0.2, 0.25) is 0 Å². The number of hydrogen-bond donors (Lipinski definition) is 1. The highest BCUT2D eigenvalue weighted by atomic mass is 16.5. The Labute approximate surface area is 127 Å². The summed E-state index contributed by atoms with van der Waals surface area (Å²) in [5, 5.41) is 3.63. The summed E-state index contributed by atoms with van der Waals surface area (Å²) in [4.78, 5) is 11.4. The molecule has 21 heavy (non-hydrogen) atoms. The topological polar surface area (TPSA) is 38.3 Å². The first-order valence-electron chi connectivity index (χ1n) is 7.91. The number of esters is 1. The van der Waals surface area contributed by atoms with E-state index in [1.807, 2.05) is 6.92 Å². The third-order valence-corrected chi connectivity index (χ3v) is 3.93. The molecule has 114 valence electrons. The number of ether oxygens (including phenoxy) is 1. The summed E-state index contributed by atoms with van der Waals surface area (Å²) in [7, 11) is 0. The van der Waals surface area contributed by atoms with Crippen LogP contribution in [0.3, 0.4) is 0 Å². The zero-order valence-corrected chi connectivity index (χ0v) is 12.8. The summed E-state index contributed by atoms with van der Waals surface area (Å²) < 4.78 is 4.95. The molecule has 1 N–H and O–H groups in total. The minimum absolute atomic E-state index is 0.192. The molecule has 1 aromatic carbocycles. The Kier molecular flexibility index (Phi) is 6.48. The van der Waals surface area contributed by atoms with Crippen molar-refractivity contribution in [1.82, 2.24) is 5.32 Å². The number of carbonyl (C=O) groups is 1. The second kappa shape index (κ2) is 8.63. The van der Waals surface area contributed by atoms with Crippen molar-refractivity contribution in [3.8, 4) is 0 Å². The van der Waals surface area contributed by atoms with Crippen molar-refractivity contribution in [2.24, 2.45) is 0 Å². The Morgan fingerprint density at radius 3 is 2.67 bits per heavy atom. The van der Waals surface area contributed by atoms with Crippen LogP contribution >= 0.6 is 0 Å². The normalized spacial score (nSPS) is 18.3. The summed E-state index contributed by atoms with van der Waals surface area (Å²) in [6, 6.07) is 11.1. The van der Waals surface area contributed by atoms with Crippen molar-refractivity contribution in [2.75, 3.05) is 13.2 Å². The SMILES string of the molecule is CCOC(=O)C=C1CCC(NCCc2ccccc2)CC1. The summed E-state index contributed by atoms with van der Waals surface area (Å²) in [5.41, 5.74) is 2.61. The van der Waals surface area contributed by atoms with E-state index in [1.165, 1.54) is 11.1 Å². The molecule has 1 saturated carbocycles. The van der Waals surface area contributed by atoms with E-state index < -0.39 is 0 Å². The standard InChI is InChI=1S/C18H25NO2/c1-2-21-18(20)14-16-8-10-17(11-9-16)19-13-12-15-6-4-3-5-7-15/h3-7,14,17,19H,2,8-13H2,1H3. The van der Waals surface area contributed by atoms with Gasteiger partial charge in [-0.3, -0.25) is 0 Å². The van der Waals surface area contributed by atoms with Crippen LogP contribution in [0.5, 0.6) is 0 Å². The van der Waals surface area contributed by atoms with Gasteiger partial charge in [-0.15, -0.1) is 0 Å². The minimum atomic E-state index is -0.192. The number of benzene rings is 1. The van der Waals surface area contributed by atoms with Crippen LogP contribution in [-0.2, 0) is 16.0 Å². The predicted octanol–water partition coefficient (Wildman–Crippen LogP) is 3.25. The molecule has 0 amide bonds. The first kappa shape index (κ1) is 15.8. The molecule has 1 aliphatic rings. The van der Waals surface area contributed by atoms with Crippen LogP contribution < -0.4 is 5.32 Å². The van der Waals surface area contributed by atoms with Gasteiger partial charge in [0.25, 0.3) is 0 Å². The Hall–Kier alpha value is -1.61. The van der Waals surface area contributed by atoms with Crippen molar-refractivity contribution in [3.63, 3.8) is 0 Å². The maximum atomic E-state index is 11.4. The van der Waals surface area contributed by atoms with Crippen LogP contribution in [0.25, 0.3) is 0 Å². The lowest BCUT2D eigenvalue weighted by Crippen LogP contribution is -2.33. The van der Waals surface area contributed by atoms with Crippen LogP contribution in [0.1, 0.15) is 38.2 Å². The van der Waals surface area contributed by atoms with Gasteiger partial charge in [-0.2, -0.15) is 0 Å². The van der Waals surface area contributed by atoms with Gasteiger partial charge in [0.15, 0.2) is 0 Å². The lowest BCUT2D eigenvalue weighted by atomic mass is 9.90. The molecule has 0 bridgehead atoms. The van der Waals surface area contributed by atoms with Crippen molar-refractivity contribution < 1.29 is 9.53 Å². The molecule has 0 aliphatic heterocycles. The van der Waals surface area contributed by atoms with Crippen LogP contribution in [0.15, 0.2) is 42.0 Å². The Balaban J connectivity index is 1.66. The molecule has 0 atom stereocenters. The molecule has 1 fully saturated rings. The van der Waals surface area contributed by atoms with E-state index in [-0.39, 0.29) is 5.97 Å². The van der Waals surface area contributed by atoms with Crippen molar-refractivity contribution in [2.45, 2.75) is 45.1 Å². The molecule has 0 saturated heterocycles. The Morgan fingerprint density at radius 2 is 2.00 bits per heavy atom. The number of rotatable bonds is 6. The highest BCUT2D eigenvalue weighted by Crippen LogP contribution is 2.23. The Bertz CT molecular complexity index is 457. The van der Waals surface area contributed by atoms with Crippen LogP contribution in [-0.4, -0.2) is 25.2 Å². The number of carbonyl (C=O) groups excluding carboxylic acids is 1. The van der Waals surface area contributed by atoms with E-state index >= 15 is 0 Å². The molecule has 0 radical (unpaired) electrons. The smallest absolute Gasteiger partial charge is 0.330 e. The molecule has 0 unspecified atom stereocenters. The minimum Gasteiger partial charge on any atom is -0.463 e. The fraction of sp³-hybridized carbons (Fsp3) is 0.500. The van der Waals surface area contributed by atoms with E-state index in [0.717, 1.165) is 38.6 Å². The van der Waals surface area contributed by atoms with Crippen molar-refractivity contribution >= 4 is 5.97 Å². The fourth-order valence-electron chi connectivity index (χ4n) is 2.75. The molecule has 2 rings (SSSR count). The van der Waals surface area contributed by atoms with Crippen molar-refractivity contribution in [3.05, 3.63) is 47.5 Å². The van der Waals surface area contributed by atoms with Gasteiger partial charge in [-0.25, -0.2) is 4.79 Å². The van der Waals surface area contributed by atoms with E-state index in [2.05, 4.69) is 35.6 Å². The quantitative estimate of drug-likeness (QED) is 0.645. The molecule has 0 heterocycles. The largest absolute Gasteiger partial charge is 0.463 e. The molecule has 0 aromatic heterocycles. The maximum Gasteiger partial charge on any atom is 0.330 e. The number of nitrogens with one attached hydrogen (secondary N) is 1. The summed E-state index contributed by atoms with van der Waals surface area (Å²) in [6.45, 7) is 3.31. The summed E-state index contributed by atoms with van der Waals surface area (Å²) >= 11 is 0. The van der Waals surface area contributed by atoms with E-state index in [9.17, 15) is 4.79 Å². The van der Waals surface area contributed by atoms with Gasteiger partial charge in [-0.05, 0) is 51.1 Å². The monoisotopic (exact) mass is 287 g/mol. The lowest BCUT2D eigenvalue weighted by molar-refractivity contribution is -0.137. The van der Waals surface area contributed by atoms with Gasteiger partial charge < -0.3 is 10.1 Å². The third-order valence-electron chi connectivity index (χ3n) is 3.93. The van der Waals surface area contributed by atoms with Gasteiger partial charge in [0, 0.05) is 12.1 Å². The average molecular weight is 287 g/mol. The van der Waals surface area contributed by atoms with Gasteiger partial charge in [-0.1, -0.05) is 35.9 Å². The first-order chi connectivity index (χ1) is 10.3. The fourth-order valence-corrected chi connectivity index (χ4v) is 2.75. The molecular formula is C18H25NO2. The zero-order valence-electron chi connectivity index (χ0n) is 12.8.